The van der Waals surface area contributed by atoms with E-state index in [2.05, 4.69) is 235 Å². The van der Waals surface area contributed by atoms with E-state index in [-0.39, 0.29) is 0 Å². The summed E-state index contributed by atoms with van der Waals surface area (Å²) in [6.07, 6.45) is 0. The Kier molecular flexibility index (Phi) is 7.36. The highest BCUT2D eigenvalue weighted by Gasteiger charge is 2.59. The van der Waals surface area contributed by atoms with Crippen molar-refractivity contribution in [1.82, 2.24) is 14.5 Å². The molecule has 310 valence electrons. The van der Waals surface area contributed by atoms with Crippen LogP contribution in [0.3, 0.4) is 0 Å². The van der Waals surface area contributed by atoms with Gasteiger partial charge in [-0.05, 0) is 95.7 Å². The normalized spacial score (nSPS) is 14.2. The molecule has 3 nitrogen and oxygen atoms in total. The maximum Gasteiger partial charge on any atom is 0.162 e. The van der Waals surface area contributed by atoms with Gasteiger partial charge in [0, 0.05) is 28.0 Å². The zero-order valence-corrected chi connectivity index (χ0v) is 36.4. The van der Waals surface area contributed by atoms with Crippen LogP contribution < -0.4 is 0 Å². The molecule has 15 rings (SSSR count). The molecule has 12 aromatic rings. The number of benzene rings is 10. The van der Waals surface area contributed by atoms with Crippen LogP contribution >= 0.6 is 0 Å². The minimum Gasteiger partial charge on any atom is -0.294 e. The van der Waals surface area contributed by atoms with Crippen molar-refractivity contribution in [3.63, 3.8) is 0 Å². The van der Waals surface area contributed by atoms with Crippen LogP contribution in [0.25, 0.3) is 83.3 Å². The predicted octanol–water partition coefficient (Wildman–Crippen LogP) is 15.1. The quantitative estimate of drug-likeness (QED) is 0.177. The first kappa shape index (κ1) is 36.7. The minimum atomic E-state index is -0.611. The topological polar surface area (TPSA) is 30.7 Å². The van der Waals surface area contributed by atoms with Crippen LogP contribution in [0.5, 0.6) is 0 Å². The summed E-state index contributed by atoms with van der Waals surface area (Å²) in [5.74, 6) is 1.52. The molecule has 10 aromatic carbocycles. The minimum absolute atomic E-state index is 0.500. The zero-order valence-electron chi connectivity index (χ0n) is 36.4. The van der Waals surface area contributed by atoms with E-state index in [0.29, 0.717) is 5.82 Å². The molecule has 3 aliphatic carbocycles. The molecule has 2 heterocycles. The third-order valence-corrected chi connectivity index (χ3v) is 15.3. The molecule has 3 heteroatoms. The number of nitrogens with zero attached hydrogens (tertiary/aromatic N) is 3. The Labute approximate surface area is 388 Å². The highest BCUT2D eigenvalue weighted by Crippen LogP contribution is 2.67. The lowest BCUT2D eigenvalue weighted by molar-refractivity contribution is 0.633. The number of hydrogen-bond acceptors (Lipinski definition) is 2. The Morgan fingerprint density at radius 2 is 0.791 bits per heavy atom. The van der Waals surface area contributed by atoms with E-state index in [1.54, 1.807) is 0 Å². The van der Waals surface area contributed by atoms with Crippen molar-refractivity contribution in [2.45, 2.75) is 10.8 Å². The van der Waals surface area contributed by atoms with Crippen molar-refractivity contribution in [2.75, 3.05) is 0 Å². The zero-order chi connectivity index (χ0) is 43.8. The molecule has 0 bridgehead atoms. The molecule has 0 unspecified atom stereocenters. The van der Waals surface area contributed by atoms with Crippen LogP contribution in [-0.4, -0.2) is 14.5 Å². The Bertz CT molecular complexity index is 3900. The van der Waals surface area contributed by atoms with Crippen LogP contribution in [0.4, 0.5) is 0 Å². The van der Waals surface area contributed by atoms with E-state index in [4.69, 9.17) is 9.97 Å². The Hall–Kier alpha value is -8.66. The average Bonchev–Trinajstić information content (AvgIpc) is 4.00. The van der Waals surface area contributed by atoms with Gasteiger partial charge in [0.25, 0.3) is 0 Å². The van der Waals surface area contributed by atoms with Gasteiger partial charge in [0.15, 0.2) is 5.82 Å². The first-order valence-corrected chi connectivity index (χ1v) is 23.2. The largest absolute Gasteiger partial charge is 0.294 e. The van der Waals surface area contributed by atoms with Crippen LogP contribution in [-0.2, 0) is 10.8 Å². The number of hydrogen-bond donors (Lipinski definition) is 0. The molecule has 0 N–H and O–H groups in total. The summed E-state index contributed by atoms with van der Waals surface area (Å²) < 4.78 is 2.40. The summed E-state index contributed by atoms with van der Waals surface area (Å²) in [6.45, 7) is 0. The lowest BCUT2D eigenvalue weighted by Gasteiger charge is -2.48. The summed E-state index contributed by atoms with van der Waals surface area (Å²) >= 11 is 0. The lowest BCUT2D eigenvalue weighted by Crippen LogP contribution is -2.43. The molecule has 0 atom stereocenters. The first-order valence-electron chi connectivity index (χ1n) is 23.2. The molecular formula is C64H39N3. The van der Waals surface area contributed by atoms with Gasteiger partial charge < -0.3 is 0 Å². The third-order valence-electron chi connectivity index (χ3n) is 15.3. The maximum absolute atomic E-state index is 5.46. The smallest absolute Gasteiger partial charge is 0.162 e. The average molecular weight is 850 g/mol. The van der Waals surface area contributed by atoms with Gasteiger partial charge in [0.2, 0.25) is 0 Å². The van der Waals surface area contributed by atoms with Crippen molar-refractivity contribution in [3.05, 3.63) is 281 Å². The molecule has 0 radical (unpaired) electrons. The third kappa shape index (κ3) is 4.65. The van der Waals surface area contributed by atoms with E-state index in [0.717, 1.165) is 33.7 Å². The molecule has 67 heavy (non-hydrogen) atoms. The van der Waals surface area contributed by atoms with Crippen molar-refractivity contribution in [2.24, 2.45) is 0 Å². The number of rotatable bonds is 3. The summed E-state index contributed by atoms with van der Waals surface area (Å²) in [6, 6.07) is 87.6. The highest BCUT2D eigenvalue weighted by molar-refractivity contribution is 6.22. The molecule has 0 aliphatic heterocycles. The van der Waals surface area contributed by atoms with E-state index in [1.807, 2.05) is 6.07 Å². The SMILES string of the molecule is c1ccc(-c2cc(-n3c4cc5c(cc4c4c6ccccc6ccc43)C3(c4ccccc4-5)c4ccccc4C4(c5ccccc5-c5ccccc54)c4ccccc43)nc(-c3ccccc3)n2)cc1. The Balaban J connectivity index is 1.09. The van der Waals surface area contributed by atoms with Gasteiger partial charge >= 0.3 is 0 Å². The molecule has 0 amide bonds. The van der Waals surface area contributed by atoms with Crippen LogP contribution in [0.1, 0.15) is 44.5 Å². The first-order chi connectivity index (χ1) is 33.2. The van der Waals surface area contributed by atoms with Gasteiger partial charge in [-0.2, -0.15) is 0 Å². The second-order valence-electron chi connectivity index (χ2n) is 18.3. The van der Waals surface area contributed by atoms with Crippen LogP contribution in [0.15, 0.2) is 237 Å². The molecule has 0 saturated carbocycles. The molecule has 3 aliphatic rings. The lowest BCUT2D eigenvalue weighted by atomic mass is 9.52. The highest BCUT2D eigenvalue weighted by atomic mass is 15.1. The summed E-state index contributed by atoms with van der Waals surface area (Å²) in [5, 5.41) is 4.84. The van der Waals surface area contributed by atoms with E-state index >= 15 is 0 Å². The van der Waals surface area contributed by atoms with Crippen molar-refractivity contribution in [3.8, 4) is 50.7 Å². The monoisotopic (exact) mass is 849 g/mol. The van der Waals surface area contributed by atoms with E-state index in [9.17, 15) is 0 Å². The molecule has 2 spiro atoms. The predicted molar refractivity (Wildman–Crippen MR) is 273 cm³/mol. The fraction of sp³-hybridized carbons (Fsp3) is 0.0312. The number of aromatic nitrogens is 3. The van der Waals surface area contributed by atoms with Gasteiger partial charge in [-0.15, -0.1) is 0 Å². The second-order valence-corrected chi connectivity index (χ2v) is 18.3. The summed E-state index contributed by atoms with van der Waals surface area (Å²) in [7, 11) is 0. The standard InChI is InChI=1S/C64H39N3/c1-3-20-41(21-4-1)57-39-60(66-62(65-57)42-22-5-2-6-23-42)67-58-36-35-40-19-7-8-24-43(40)61(58)48-37-56-47(38-59(48)67)46-27-11-14-30-51(46)64(56)54-33-17-15-31-52(54)63(53-32-16-18-34-55(53)64)49-28-12-9-25-44(49)45-26-10-13-29-50(45)63/h1-39H. The molecule has 2 aromatic heterocycles. The fourth-order valence-electron chi connectivity index (χ4n) is 12.8. The Morgan fingerprint density at radius 1 is 0.313 bits per heavy atom. The van der Waals surface area contributed by atoms with Crippen molar-refractivity contribution in [1.29, 1.82) is 0 Å². The summed E-state index contributed by atoms with van der Waals surface area (Å²) in [4.78, 5) is 10.7. The second kappa shape index (κ2) is 13.4. The van der Waals surface area contributed by atoms with Gasteiger partial charge in [0.05, 0.1) is 27.6 Å². The number of fused-ring (bicyclic) bond motifs is 21. The van der Waals surface area contributed by atoms with Gasteiger partial charge in [-0.3, -0.25) is 4.57 Å². The van der Waals surface area contributed by atoms with Gasteiger partial charge in [-0.25, -0.2) is 9.97 Å². The van der Waals surface area contributed by atoms with Crippen LogP contribution in [0, 0.1) is 0 Å². The molecule has 0 saturated heterocycles. The van der Waals surface area contributed by atoms with Crippen LogP contribution in [0.2, 0.25) is 0 Å². The molecular weight excluding hydrogens is 811 g/mol. The van der Waals surface area contributed by atoms with Gasteiger partial charge in [0.1, 0.15) is 5.82 Å². The van der Waals surface area contributed by atoms with Gasteiger partial charge in [-0.1, -0.05) is 212 Å². The fourth-order valence-corrected chi connectivity index (χ4v) is 12.8. The Morgan fingerprint density at radius 3 is 1.39 bits per heavy atom. The summed E-state index contributed by atoms with van der Waals surface area (Å²) in [5.41, 5.74) is 19.8. The molecule has 0 fully saturated rings. The maximum atomic E-state index is 5.46. The van der Waals surface area contributed by atoms with Crippen molar-refractivity contribution >= 4 is 32.6 Å². The van der Waals surface area contributed by atoms with E-state index in [1.165, 1.54) is 88.3 Å². The van der Waals surface area contributed by atoms with Crippen molar-refractivity contribution < 1.29 is 0 Å². The van der Waals surface area contributed by atoms with E-state index < -0.39 is 10.8 Å².